The van der Waals surface area contributed by atoms with Crippen LogP contribution in [0.2, 0.25) is 0 Å². The van der Waals surface area contributed by atoms with E-state index in [1.165, 1.54) is 50.7 Å². The van der Waals surface area contributed by atoms with Crippen molar-refractivity contribution in [2.75, 3.05) is 0 Å². The Balaban J connectivity index is 1.83. The Morgan fingerprint density at radius 1 is 1.15 bits per heavy atom. The highest BCUT2D eigenvalue weighted by molar-refractivity contribution is 5.33. The van der Waals surface area contributed by atoms with Crippen molar-refractivity contribution in [1.82, 2.24) is 0 Å². The summed E-state index contributed by atoms with van der Waals surface area (Å²) in [5.41, 5.74) is 1.07. The fourth-order valence-electron chi connectivity index (χ4n) is 3.09. The number of hydrogen-bond donors (Lipinski definition) is 1. The molecule has 4 nitrogen and oxygen atoms in total. The number of nitrogens with zero attached hydrogens (tertiary/aromatic N) is 1. The molecule has 0 radical (unpaired) electrons. The Morgan fingerprint density at radius 3 is 2.30 bits per heavy atom. The van der Waals surface area contributed by atoms with Crippen LogP contribution in [-0.2, 0) is 6.42 Å². The molecule has 1 unspecified atom stereocenters. The van der Waals surface area contributed by atoms with Crippen molar-refractivity contribution in [1.29, 1.82) is 0 Å². The molecule has 0 spiro atoms. The summed E-state index contributed by atoms with van der Waals surface area (Å²) in [5, 5.41) is 20.8. The lowest BCUT2D eigenvalue weighted by Gasteiger charge is -2.18. The summed E-state index contributed by atoms with van der Waals surface area (Å²) in [6.45, 7) is 0. The van der Waals surface area contributed by atoms with Crippen LogP contribution in [0.3, 0.4) is 0 Å². The predicted octanol–water partition coefficient (Wildman–Crippen LogP) is 3.86. The molecule has 0 amide bonds. The zero-order chi connectivity index (χ0) is 14.4. The molecule has 1 aliphatic carbocycles. The highest BCUT2D eigenvalue weighted by Crippen LogP contribution is 2.27. The SMILES string of the molecule is O=[N+]([O-])c1ccc(CC(O)CC2CCCCCC2)cc1. The van der Waals surface area contributed by atoms with Gasteiger partial charge in [-0.2, -0.15) is 0 Å². The largest absolute Gasteiger partial charge is 0.393 e. The van der Waals surface area contributed by atoms with E-state index in [-0.39, 0.29) is 11.8 Å². The van der Waals surface area contributed by atoms with E-state index >= 15 is 0 Å². The second-order valence-corrected chi connectivity index (χ2v) is 5.87. The molecule has 1 aliphatic rings. The van der Waals surface area contributed by atoms with Crippen LogP contribution in [0.4, 0.5) is 5.69 Å². The quantitative estimate of drug-likeness (QED) is 0.505. The summed E-state index contributed by atoms with van der Waals surface area (Å²) in [6, 6.07) is 6.50. The number of hydrogen-bond acceptors (Lipinski definition) is 3. The van der Waals surface area contributed by atoms with Crippen molar-refractivity contribution in [2.45, 2.75) is 57.5 Å². The van der Waals surface area contributed by atoms with Crippen LogP contribution in [0.5, 0.6) is 0 Å². The molecule has 0 saturated heterocycles. The van der Waals surface area contributed by atoms with Crippen LogP contribution < -0.4 is 0 Å². The number of benzene rings is 1. The van der Waals surface area contributed by atoms with Gasteiger partial charge in [0.05, 0.1) is 11.0 Å². The van der Waals surface area contributed by atoms with Crippen molar-refractivity contribution < 1.29 is 10.0 Å². The standard InChI is InChI=1S/C16H23NO3/c18-16(11-13-5-3-1-2-4-6-13)12-14-7-9-15(10-8-14)17(19)20/h7-10,13,16,18H,1-6,11-12H2. The third-order valence-corrected chi connectivity index (χ3v) is 4.20. The van der Waals surface area contributed by atoms with E-state index in [4.69, 9.17) is 0 Å². The van der Waals surface area contributed by atoms with Gasteiger partial charge in [-0.05, 0) is 24.3 Å². The molecule has 1 aromatic rings. The first-order valence-corrected chi connectivity index (χ1v) is 7.56. The second kappa shape index (κ2) is 7.39. The highest BCUT2D eigenvalue weighted by atomic mass is 16.6. The number of nitro groups is 1. The molecule has 1 fully saturated rings. The lowest BCUT2D eigenvalue weighted by molar-refractivity contribution is -0.384. The third-order valence-electron chi connectivity index (χ3n) is 4.20. The molecule has 1 saturated carbocycles. The van der Waals surface area contributed by atoms with Crippen LogP contribution in [0.1, 0.15) is 50.5 Å². The van der Waals surface area contributed by atoms with Gasteiger partial charge in [0.15, 0.2) is 0 Å². The van der Waals surface area contributed by atoms with Crippen LogP contribution >= 0.6 is 0 Å². The van der Waals surface area contributed by atoms with Crippen LogP contribution in [0.15, 0.2) is 24.3 Å². The monoisotopic (exact) mass is 277 g/mol. The molecule has 1 N–H and O–H groups in total. The minimum absolute atomic E-state index is 0.104. The molecular formula is C16H23NO3. The average Bonchev–Trinajstić information content (AvgIpc) is 2.68. The summed E-state index contributed by atoms with van der Waals surface area (Å²) < 4.78 is 0. The summed E-state index contributed by atoms with van der Waals surface area (Å²) >= 11 is 0. The van der Waals surface area contributed by atoms with Gasteiger partial charge < -0.3 is 5.11 Å². The molecule has 1 atom stereocenters. The van der Waals surface area contributed by atoms with Crippen LogP contribution in [-0.4, -0.2) is 16.1 Å². The maximum absolute atomic E-state index is 10.6. The summed E-state index contributed by atoms with van der Waals surface area (Å²) in [6.07, 6.45) is 8.81. The molecule has 2 rings (SSSR count). The Labute approximate surface area is 120 Å². The number of rotatable bonds is 5. The normalized spacial score (nSPS) is 18.4. The van der Waals surface area contributed by atoms with Crippen molar-refractivity contribution >= 4 is 5.69 Å². The minimum Gasteiger partial charge on any atom is -0.393 e. The van der Waals surface area contributed by atoms with Crippen molar-refractivity contribution in [2.24, 2.45) is 5.92 Å². The van der Waals surface area contributed by atoms with Crippen LogP contribution in [0.25, 0.3) is 0 Å². The van der Waals surface area contributed by atoms with E-state index < -0.39 is 4.92 Å². The molecule has 4 heteroatoms. The van der Waals surface area contributed by atoms with E-state index in [0.717, 1.165) is 12.0 Å². The smallest absolute Gasteiger partial charge is 0.269 e. The van der Waals surface area contributed by atoms with E-state index in [1.807, 2.05) is 0 Å². The minimum atomic E-state index is -0.397. The van der Waals surface area contributed by atoms with Gasteiger partial charge in [0.2, 0.25) is 0 Å². The van der Waals surface area contributed by atoms with Gasteiger partial charge in [0, 0.05) is 12.1 Å². The van der Waals surface area contributed by atoms with Crippen molar-refractivity contribution in [3.05, 3.63) is 39.9 Å². The van der Waals surface area contributed by atoms with Crippen LogP contribution in [0, 0.1) is 16.0 Å². The number of aliphatic hydroxyl groups is 1. The van der Waals surface area contributed by atoms with E-state index in [1.54, 1.807) is 12.1 Å². The average molecular weight is 277 g/mol. The molecule has 1 aromatic carbocycles. The Kier molecular flexibility index (Phi) is 5.53. The van der Waals surface area contributed by atoms with Gasteiger partial charge >= 0.3 is 0 Å². The fraction of sp³-hybridized carbons (Fsp3) is 0.625. The molecule has 0 heterocycles. The van der Waals surface area contributed by atoms with Gasteiger partial charge in [-0.15, -0.1) is 0 Å². The highest BCUT2D eigenvalue weighted by Gasteiger charge is 2.17. The first kappa shape index (κ1) is 15.0. The second-order valence-electron chi connectivity index (χ2n) is 5.87. The maximum atomic E-state index is 10.6. The maximum Gasteiger partial charge on any atom is 0.269 e. The zero-order valence-corrected chi connectivity index (χ0v) is 11.8. The van der Waals surface area contributed by atoms with Gasteiger partial charge in [-0.25, -0.2) is 0 Å². The lowest BCUT2D eigenvalue weighted by atomic mass is 9.91. The van der Waals surface area contributed by atoms with Crippen molar-refractivity contribution in [3.8, 4) is 0 Å². The lowest BCUT2D eigenvalue weighted by Crippen LogP contribution is -2.16. The van der Waals surface area contributed by atoms with Gasteiger partial charge in [-0.3, -0.25) is 10.1 Å². The van der Waals surface area contributed by atoms with Gasteiger partial charge in [-0.1, -0.05) is 50.7 Å². The number of aliphatic hydroxyl groups excluding tert-OH is 1. The fourth-order valence-corrected chi connectivity index (χ4v) is 3.09. The zero-order valence-electron chi connectivity index (χ0n) is 11.8. The Hall–Kier alpha value is -1.42. The molecule has 110 valence electrons. The van der Waals surface area contributed by atoms with Gasteiger partial charge in [0.1, 0.15) is 0 Å². The third kappa shape index (κ3) is 4.60. The van der Waals surface area contributed by atoms with E-state index in [0.29, 0.717) is 12.3 Å². The number of non-ortho nitro benzene ring substituents is 1. The Bertz CT molecular complexity index is 422. The molecule has 0 bridgehead atoms. The van der Waals surface area contributed by atoms with Crippen molar-refractivity contribution in [3.63, 3.8) is 0 Å². The molecule has 0 aromatic heterocycles. The summed E-state index contributed by atoms with van der Waals surface area (Å²) in [5.74, 6) is 0.644. The van der Waals surface area contributed by atoms with E-state index in [9.17, 15) is 15.2 Å². The van der Waals surface area contributed by atoms with Gasteiger partial charge in [0.25, 0.3) is 5.69 Å². The number of nitro benzene ring substituents is 1. The summed E-state index contributed by atoms with van der Waals surface area (Å²) in [4.78, 5) is 10.2. The van der Waals surface area contributed by atoms with E-state index in [2.05, 4.69) is 0 Å². The molecule has 0 aliphatic heterocycles. The first-order valence-electron chi connectivity index (χ1n) is 7.56. The molecule has 20 heavy (non-hydrogen) atoms. The topological polar surface area (TPSA) is 63.4 Å². The molecular weight excluding hydrogens is 254 g/mol. The predicted molar refractivity (Wildman–Crippen MR) is 78.6 cm³/mol. The Morgan fingerprint density at radius 2 is 1.75 bits per heavy atom. The summed E-state index contributed by atoms with van der Waals surface area (Å²) in [7, 11) is 0. The first-order chi connectivity index (χ1) is 9.65.